The highest BCUT2D eigenvalue weighted by atomic mass is 16.5. The van der Waals surface area contributed by atoms with Crippen LogP contribution in [-0.2, 0) is 11.2 Å². The number of aromatic hydroxyl groups is 1. The third-order valence-corrected chi connectivity index (χ3v) is 3.39. The summed E-state index contributed by atoms with van der Waals surface area (Å²) < 4.78 is 15.5. The zero-order valence-electron chi connectivity index (χ0n) is 13.2. The Morgan fingerprint density at radius 2 is 1.65 bits per heavy atom. The maximum absolute atomic E-state index is 11.8. The van der Waals surface area contributed by atoms with Crippen LogP contribution >= 0.6 is 0 Å². The van der Waals surface area contributed by atoms with Gasteiger partial charge in [0.15, 0.2) is 11.5 Å². The van der Waals surface area contributed by atoms with Gasteiger partial charge in [0.2, 0.25) is 5.75 Å². The van der Waals surface area contributed by atoms with Gasteiger partial charge in [0, 0.05) is 0 Å². The minimum absolute atomic E-state index is 0.0192. The van der Waals surface area contributed by atoms with Crippen LogP contribution in [0.25, 0.3) is 0 Å². The number of ether oxygens (including phenoxy) is 3. The Balaban J connectivity index is 1.88. The van der Waals surface area contributed by atoms with Crippen LogP contribution in [0, 0.1) is 0 Å². The molecule has 0 heterocycles. The summed E-state index contributed by atoms with van der Waals surface area (Å²) in [4.78, 5) is 11.8. The van der Waals surface area contributed by atoms with Gasteiger partial charge in [0.1, 0.15) is 0 Å². The summed E-state index contributed by atoms with van der Waals surface area (Å²) in [6.45, 7) is 0.319. The van der Waals surface area contributed by atoms with Gasteiger partial charge in [0.05, 0.1) is 26.4 Å². The standard InChI is InChI=1S/C18H20O5/c1-21-15-11-13(12-16(22-2)17(15)19)7-6-10-23-18(20)14-8-4-3-5-9-14/h3-5,8-9,11-12,19H,6-7,10H2,1-2H3. The number of phenols is 1. The molecule has 0 spiro atoms. The minimum atomic E-state index is -0.327. The zero-order valence-corrected chi connectivity index (χ0v) is 13.2. The predicted molar refractivity (Wildman–Crippen MR) is 86.3 cm³/mol. The topological polar surface area (TPSA) is 65.0 Å². The third kappa shape index (κ3) is 4.39. The van der Waals surface area contributed by atoms with Crippen LogP contribution in [0.1, 0.15) is 22.3 Å². The highest BCUT2D eigenvalue weighted by Gasteiger charge is 2.11. The molecule has 0 aromatic heterocycles. The van der Waals surface area contributed by atoms with E-state index < -0.39 is 0 Å². The van der Waals surface area contributed by atoms with Crippen molar-refractivity contribution in [1.82, 2.24) is 0 Å². The van der Waals surface area contributed by atoms with Crippen molar-refractivity contribution in [3.05, 3.63) is 53.6 Å². The molecule has 0 saturated heterocycles. The van der Waals surface area contributed by atoms with Crippen molar-refractivity contribution in [3.63, 3.8) is 0 Å². The summed E-state index contributed by atoms with van der Waals surface area (Å²) in [5, 5.41) is 9.86. The van der Waals surface area contributed by atoms with Gasteiger partial charge in [-0.1, -0.05) is 18.2 Å². The Labute approximate surface area is 135 Å². The van der Waals surface area contributed by atoms with E-state index in [1.54, 1.807) is 36.4 Å². The van der Waals surface area contributed by atoms with Crippen LogP contribution in [0.5, 0.6) is 17.2 Å². The molecule has 0 aliphatic rings. The SMILES string of the molecule is COc1cc(CCCOC(=O)c2ccccc2)cc(OC)c1O. The number of benzene rings is 2. The molecule has 0 atom stereocenters. The van der Waals surface area contributed by atoms with E-state index >= 15 is 0 Å². The molecule has 0 amide bonds. The minimum Gasteiger partial charge on any atom is -0.502 e. The fourth-order valence-electron chi connectivity index (χ4n) is 2.19. The van der Waals surface area contributed by atoms with Crippen LogP contribution in [0.3, 0.4) is 0 Å². The van der Waals surface area contributed by atoms with E-state index in [2.05, 4.69) is 0 Å². The van der Waals surface area contributed by atoms with Crippen molar-refractivity contribution in [2.75, 3.05) is 20.8 Å². The van der Waals surface area contributed by atoms with E-state index in [0.717, 1.165) is 5.56 Å². The molecule has 0 radical (unpaired) electrons. The average Bonchev–Trinajstić information content (AvgIpc) is 2.60. The molecule has 23 heavy (non-hydrogen) atoms. The molecule has 2 aromatic carbocycles. The van der Waals surface area contributed by atoms with Crippen LogP contribution in [0.2, 0.25) is 0 Å². The Hall–Kier alpha value is -2.69. The van der Waals surface area contributed by atoms with Crippen LogP contribution < -0.4 is 9.47 Å². The first-order chi connectivity index (χ1) is 11.2. The van der Waals surface area contributed by atoms with Crippen LogP contribution in [0.15, 0.2) is 42.5 Å². The second-order valence-corrected chi connectivity index (χ2v) is 4.95. The van der Waals surface area contributed by atoms with Crippen molar-refractivity contribution in [2.24, 2.45) is 0 Å². The molecule has 0 aliphatic carbocycles. The number of phenolic OH excluding ortho intramolecular Hbond substituents is 1. The number of rotatable bonds is 7. The van der Waals surface area contributed by atoms with Crippen molar-refractivity contribution in [3.8, 4) is 17.2 Å². The Bertz CT molecular complexity index is 627. The van der Waals surface area contributed by atoms with E-state index in [9.17, 15) is 9.90 Å². The Morgan fingerprint density at radius 1 is 1.04 bits per heavy atom. The lowest BCUT2D eigenvalue weighted by atomic mass is 10.1. The summed E-state index contributed by atoms with van der Waals surface area (Å²) in [7, 11) is 2.97. The first-order valence-electron chi connectivity index (χ1n) is 7.31. The Morgan fingerprint density at radius 3 is 2.22 bits per heavy atom. The van der Waals surface area contributed by atoms with Crippen LogP contribution in [-0.4, -0.2) is 31.9 Å². The van der Waals surface area contributed by atoms with E-state index in [0.29, 0.717) is 36.5 Å². The van der Waals surface area contributed by atoms with Gasteiger partial charge in [-0.25, -0.2) is 4.79 Å². The quantitative estimate of drug-likeness (QED) is 0.628. The summed E-state index contributed by atoms with van der Waals surface area (Å²) in [6, 6.07) is 12.4. The first-order valence-corrected chi connectivity index (χ1v) is 7.31. The molecular formula is C18H20O5. The molecule has 0 fully saturated rings. The summed E-state index contributed by atoms with van der Waals surface area (Å²) in [5.41, 5.74) is 1.48. The molecule has 5 heteroatoms. The predicted octanol–water partition coefficient (Wildman–Crippen LogP) is 3.20. The molecule has 1 N–H and O–H groups in total. The lowest BCUT2D eigenvalue weighted by molar-refractivity contribution is 0.0500. The van der Waals surface area contributed by atoms with E-state index in [-0.39, 0.29) is 11.7 Å². The van der Waals surface area contributed by atoms with Gasteiger partial charge >= 0.3 is 5.97 Å². The molecule has 2 rings (SSSR count). The summed E-state index contributed by atoms with van der Waals surface area (Å²) >= 11 is 0. The van der Waals surface area contributed by atoms with Gasteiger partial charge < -0.3 is 19.3 Å². The smallest absolute Gasteiger partial charge is 0.338 e. The molecular weight excluding hydrogens is 296 g/mol. The van der Waals surface area contributed by atoms with Gasteiger partial charge in [-0.05, 0) is 42.7 Å². The van der Waals surface area contributed by atoms with E-state index in [1.165, 1.54) is 14.2 Å². The van der Waals surface area contributed by atoms with Gasteiger partial charge in [-0.3, -0.25) is 0 Å². The number of hydrogen-bond acceptors (Lipinski definition) is 5. The molecule has 122 valence electrons. The van der Waals surface area contributed by atoms with Crippen molar-refractivity contribution < 1.29 is 24.1 Å². The highest BCUT2D eigenvalue weighted by Crippen LogP contribution is 2.37. The van der Waals surface area contributed by atoms with Gasteiger partial charge in [0.25, 0.3) is 0 Å². The maximum Gasteiger partial charge on any atom is 0.338 e. The molecule has 0 bridgehead atoms. The fraction of sp³-hybridized carbons (Fsp3) is 0.278. The molecule has 0 aliphatic heterocycles. The number of methoxy groups -OCH3 is 2. The third-order valence-electron chi connectivity index (χ3n) is 3.39. The largest absolute Gasteiger partial charge is 0.502 e. The van der Waals surface area contributed by atoms with Gasteiger partial charge in [-0.15, -0.1) is 0 Å². The zero-order chi connectivity index (χ0) is 16.7. The monoisotopic (exact) mass is 316 g/mol. The lowest BCUT2D eigenvalue weighted by Gasteiger charge is -2.11. The maximum atomic E-state index is 11.8. The van der Waals surface area contributed by atoms with Gasteiger partial charge in [-0.2, -0.15) is 0 Å². The molecule has 5 nitrogen and oxygen atoms in total. The van der Waals surface area contributed by atoms with Crippen LogP contribution in [0.4, 0.5) is 0 Å². The molecule has 0 unspecified atom stereocenters. The van der Waals surface area contributed by atoms with Crippen molar-refractivity contribution in [2.45, 2.75) is 12.8 Å². The number of carbonyl (C=O) groups excluding carboxylic acids is 1. The average molecular weight is 316 g/mol. The summed E-state index contributed by atoms with van der Waals surface area (Å²) in [5.74, 6) is 0.377. The number of carbonyl (C=O) groups is 1. The molecule has 0 saturated carbocycles. The molecule has 2 aromatic rings. The van der Waals surface area contributed by atoms with E-state index in [4.69, 9.17) is 14.2 Å². The number of esters is 1. The van der Waals surface area contributed by atoms with Crippen molar-refractivity contribution >= 4 is 5.97 Å². The summed E-state index contributed by atoms with van der Waals surface area (Å²) in [6.07, 6.45) is 1.34. The van der Waals surface area contributed by atoms with Crippen molar-refractivity contribution in [1.29, 1.82) is 0 Å². The number of aryl methyl sites for hydroxylation is 1. The van der Waals surface area contributed by atoms with E-state index in [1.807, 2.05) is 6.07 Å². The first kappa shape index (κ1) is 16.7. The highest BCUT2D eigenvalue weighted by molar-refractivity contribution is 5.89. The lowest BCUT2D eigenvalue weighted by Crippen LogP contribution is -2.07. The normalized spacial score (nSPS) is 10.2. The Kier molecular flexibility index (Phi) is 5.86. The second kappa shape index (κ2) is 8.08. The number of hydrogen-bond donors (Lipinski definition) is 1. The fourth-order valence-corrected chi connectivity index (χ4v) is 2.19. The second-order valence-electron chi connectivity index (χ2n) is 4.95.